The Labute approximate surface area is 280 Å². The van der Waals surface area contributed by atoms with Crippen LogP contribution in [0.15, 0.2) is 83.6 Å². The number of hydrogen-bond donors (Lipinski definition) is 5. The van der Waals surface area contributed by atoms with Crippen molar-refractivity contribution in [1.29, 1.82) is 0 Å². The molecule has 0 bridgehead atoms. The number of aliphatic hydroxyl groups is 2. The number of fused-ring (bicyclic) bond motifs is 2. The molecule has 1 aliphatic carbocycles. The number of nitrogens with two attached hydrogens (primary N) is 1. The van der Waals surface area contributed by atoms with Crippen LogP contribution < -0.4 is 26.0 Å². The monoisotopic (exact) mass is 652 g/mol. The summed E-state index contributed by atoms with van der Waals surface area (Å²) in [4.78, 5) is 20.2. The molecule has 6 N–H and O–H groups in total. The van der Waals surface area contributed by atoms with Gasteiger partial charge in [-0.1, -0.05) is 57.2 Å². The van der Waals surface area contributed by atoms with E-state index in [1.54, 1.807) is 30.3 Å². The molecule has 3 heterocycles. The number of hydrogen-bond acceptors (Lipinski definition) is 9. The van der Waals surface area contributed by atoms with Crippen LogP contribution in [0.4, 0.5) is 16.4 Å². The molecule has 4 aromatic rings. The number of aromatic nitrogens is 3. The summed E-state index contributed by atoms with van der Waals surface area (Å²) in [5.74, 6) is 1.75. The molecular weight excluding hydrogens is 608 g/mol. The molecule has 1 aliphatic heterocycles. The van der Waals surface area contributed by atoms with Gasteiger partial charge in [0.05, 0.1) is 30.6 Å². The number of piperidine rings is 1. The predicted molar refractivity (Wildman–Crippen MR) is 185 cm³/mol. The first-order chi connectivity index (χ1) is 23.1. The number of nitrogens with one attached hydrogen (secondary N) is 2. The highest BCUT2D eigenvalue weighted by molar-refractivity contribution is 6.05. The van der Waals surface area contributed by atoms with E-state index in [9.17, 15) is 15.0 Å². The number of nitrogens with zero attached hydrogens (tertiary/aromatic N) is 5. The Morgan fingerprint density at radius 2 is 1.75 bits per heavy atom. The van der Waals surface area contributed by atoms with Gasteiger partial charge in [-0.25, -0.2) is 9.79 Å². The molecule has 0 saturated carbocycles. The van der Waals surface area contributed by atoms with Crippen molar-refractivity contribution in [3.8, 4) is 5.75 Å². The molecule has 2 aliphatic rings. The molecule has 2 amide bonds. The predicted octanol–water partition coefficient (Wildman–Crippen LogP) is 5.06. The number of anilines is 1. The van der Waals surface area contributed by atoms with Crippen LogP contribution in [0.2, 0.25) is 0 Å². The molecule has 12 heteroatoms. The van der Waals surface area contributed by atoms with E-state index in [0.29, 0.717) is 48.7 Å². The smallest absolute Gasteiger partial charge is 0.320 e. The van der Waals surface area contributed by atoms with Gasteiger partial charge in [0.2, 0.25) is 5.95 Å². The maximum Gasteiger partial charge on any atom is 0.320 e. The van der Waals surface area contributed by atoms with Gasteiger partial charge in [-0.15, -0.1) is 10.2 Å². The highest BCUT2D eigenvalue weighted by Crippen LogP contribution is 2.39. The van der Waals surface area contributed by atoms with Gasteiger partial charge < -0.3 is 30.9 Å². The number of allylic oxidation sites excluding steroid dienone is 1. The van der Waals surface area contributed by atoms with Crippen LogP contribution in [-0.4, -0.2) is 55.9 Å². The lowest BCUT2D eigenvalue weighted by Crippen LogP contribution is -2.42. The van der Waals surface area contributed by atoms with Crippen LogP contribution in [0.1, 0.15) is 75.3 Å². The third kappa shape index (κ3) is 7.61. The van der Waals surface area contributed by atoms with Crippen LogP contribution in [0, 0.1) is 5.41 Å². The van der Waals surface area contributed by atoms with Gasteiger partial charge >= 0.3 is 6.03 Å². The van der Waals surface area contributed by atoms with Crippen molar-refractivity contribution in [2.24, 2.45) is 16.1 Å². The zero-order valence-electron chi connectivity index (χ0n) is 27.6. The second kappa shape index (κ2) is 14.0. The topological polar surface area (TPSA) is 163 Å². The van der Waals surface area contributed by atoms with Gasteiger partial charge in [0.25, 0.3) is 0 Å². The van der Waals surface area contributed by atoms with E-state index in [1.165, 1.54) is 0 Å². The summed E-state index contributed by atoms with van der Waals surface area (Å²) in [6, 6.07) is 18.3. The highest BCUT2D eigenvalue weighted by Gasteiger charge is 2.30. The minimum atomic E-state index is -0.395. The molecule has 1 fully saturated rings. The summed E-state index contributed by atoms with van der Waals surface area (Å²) in [5.41, 5.74) is 10.7. The number of ether oxygens (including phenoxy) is 1. The van der Waals surface area contributed by atoms with Crippen molar-refractivity contribution < 1.29 is 19.7 Å². The Hall–Kier alpha value is -4.94. The molecule has 12 nitrogen and oxygen atoms in total. The number of benzene rings is 2. The van der Waals surface area contributed by atoms with Crippen LogP contribution in [0.3, 0.4) is 0 Å². The van der Waals surface area contributed by atoms with Crippen molar-refractivity contribution in [3.63, 3.8) is 0 Å². The average molecular weight is 653 g/mol. The van der Waals surface area contributed by atoms with Gasteiger partial charge in [0.15, 0.2) is 5.65 Å². The molecule has 2 aromatic heterocycles. The Morgan fingerprint density at radius 1 is 1.02 bits per heavy atom. The molecule has 2 atom stereocenters. The minimum absolute atomic E-state index is 0.0629. The lowest BCUT2D eigenvalue weighted by Gasteiger charge is -2.32. The zero-order valence-corrected chi connectivity index (χ0v) is 27.6. The van der Waals surface area contributed by atoms with E-state index in [-0.39, 0.29) is 30.3 Å². The maximum atomic E-state index is 13.4. The number of amides is 2. The van der Waals surface area contributed by atoms with Gasteiger partial charge in [0, 0.05) is 30.3 Å². The third-order valence-corrected chi connectivity index (χ3v) is 8.89. The zero-order chi connectivity index (χ0) is 33.8. The number of aliphatic imine (C=N–C) groups is 1. The van der Waals surface area contributed by atoms with Crippen molar-refractivity contribution in [2.75, 3.05) is 18.0 Å². The fourth-order valence-corrected chi connectivity index (χ4v) is 5.98. The van der Waals surface area contributed by atoms with E-state index >= 15 is 0 Å². The summed E-state index contributed by atoms with van der Waals surface area (Å²) in [6.45, 7) is 7.36. The van der Waals surface area contributed by atoms with Crippen LogP contribution >= 0.6 is 0 Å². The Bertz CT molecular complexity index is 1800. The van der Waals surface area contributed by atoms with Crippen molar-refractivity contribution in [3.05, 3.63) is 95.3 Å². The number of carbonyl (C=O) groups is 1. The second-order valence-corrected chi connectivity index (χ2v) is 13.4. The minimum Gasteiger partial charge on any atom is -0.484 e. The number of pyridine rings is 1. The summed E-state index contributed by atoms with van der Waals surface area (Å²) < 4.78 is 8.52. The van der Waals surface area contributed by atoms with Crippen LogP contribution in [-0.2, 0) is 6.61 Å². The first kappa shape index (κ1) is 33.0. The van der Waals surface area contributed by atoms with E-state index in [0.717, 1.165) is 41.4 Å². The van der Waals surface area contributed by atoms with Gasteiger partial charge in [0.1, 0.15) is 17.7 Å². The van der Waals surface area contributed by atoms with Gasteiger partial charge in [-0.2, -0.15) is 0 Å². The highest BCUT2D eigenvalue weighted by atomic mass is 16.5. The molecule has 1 saturated heterocycles. The Balaban J connectivity index is 1.18. The summed E-state index contributed by atoms with van der Waals surface area (Å²) in [5, 5.41) is 34.1. The quantitative estimate of drug-likeness (QED) is 0.137. The first-order valence-electron chi connectivity index (χ1n) is 16.4. The summed E-state index contributed by atoms with van der Waals surface area (Å²) in [6.07, 6.45) is 5.88. The number of aliphatic hydroxyl groups excluding tert-OH is 2. The molecule has 2 aromatic carbocycles. The largest absolute Gasteiger partial charge is 0.484 e. The lowest BCUT2D eigenvalue weighted by atomic mass is 9.85. The van der Waals surface area contributed by atoms with E-state index < -0.39 is 6.03 Å². The first-order valence-corrected chi connectivity index (χ1v) is 16.4. The van der Waals surface area contributed by atoms with Gasteiger partial charge in [-0.05, 0) is 66.6 Å². The fourth-order valence-electron chi connectivity index (χ4n) is 5.98. The maximum absolute atomic E-state index is 13.4. The van der Waals surface area contributed by atoms with E-state index in [1.807, 2.05) is 67.8 Å². The Kier molecular flexibility index (Phi) is 9.65. The molecule has 6 rings (SSSR count). The lowest BCUT2D eigenvalue weighted by molar-refractivity contribution is 0.145. The van der Waals surface area contributed by atoms with Crippen molar-refractivity contribution >= 4 is 29.1 Å². The summed E-state index contributed by atoms with van der Waals surface area (Å²) >= 11 is 0. The second-order valence-electron chi connectivity index (χ2n) is 13.4. The molecular formula is C36H44N8O4. The SMILES string of the molecule is CC(C)(C)C(N)=CC(=Nc1ccc(CO)cc1)NC(=O)N[C@H]1CC[C@@H](Oc2ccc3nnc(N4CCC(O)CC4)n3c2)c2ccccc21. The fraction of sp³-hybridized carbons (Fsp3) is 0.389. The molecule has 48 heavy (non-hydrogen) atoms. The van der Waals surface area contributed by atoms with Crippen molar-refractivity contribution in [1.82, 2.24) is 25.2 Å². The van der Waals surface area contributed by atoms with E-state index in [4.69, 9.17) is 10.5 Å². The number of rotatable bonds is 7. The summed E-state index contributed by atoms with van der Waals surface area (Å²) in [7, 11) is 0. The average Bonchev–Trinajstić information content (AvgIpc) is 3.49. The van der Waals surface area contributed by atoms with Crippen molar-refractivity contribution in [2.45, 2.75) is 71.3 Å². The Morgan fingerprint density at radius 3 is 2.46 bits per heavy atom. The number of amidine groups is 1. The number of carbonyl (C=O) groups excluding carboxylic acids is 1. The van der Waals surface area contributed by atoms with Crippen LogP contribution in [0.5, 0.6) is 5.75 Å². The standard InChI is InChI=1S/C36H44N8O4/c1-36(2,3)31(37)20-32(38-24-10-8-23(22-45)9-11-24)40-34(47)39-29-13-14-30(28-7-5-4-6-27(28)29)48-26-12-15-33-41-42-35(44(33)21-26)43-18-16-25(46)17-19-43/h4-12,15,20-21,25,29-30,45-46H,13-14,16-19,22,37H2,1-3H3,(H2,38,39,40,47)/t29-,30+/m0/s1. The number of urea groups is 1. The third-order valence-electron chi connectivity index (χ3n) is 8.89. The molecule has 0 radical (unpaired) electrons. The van der Waals surface area contributed by atoms with Crippen LogP contribution in [0.25, 0.3) is 5.65 Å². The van der Waals surface area contributed by atoms with Gasteiger partial charge in [-0.3, -0.25) is 9.72 Å². The molecule has 252 valence electrons. The molecule has 0 unspecified atom stereocenters. The van der Waals surface area contributed by atoms with E-state index in [2.05, 4.69) is 30.7 Å². The normalized spacial score (nSPS) is 19.2. The molecule has 0 spiro atoms.